The predicted molar refractivity (Wildman–Crippen MR) is 202 cm³/mol. The molecular weight excluding hydrogens is 567 g/mol. The molecule has 0 aromatic heterocycles. The molecule has 0 unspecified atom stereocenters. The molecule has 0 amide bonds. The number of nitrogens with zero attached hydrogens (tertiary/aromatic N) is 1. The number of hydrogen-bond donors (Lipinski definition) is 0. The van der Waals surface area contributed by atoms with Crippen molar-refractivity contribution in [1.29, 1.82) is 0 Å². The number of anilines is 3. The van der Waals surface area contributed by atoms with E-state index >= 15 is 0 Å². The van der Waals surface area contributed by atoms with Crippen LogP contribution in [0.4, 0.5) is 17.1 Å². The molecule has 0 atom stereocenters. The van der Waals surface area contributed by atoms with Gasteiger partial charge in [0.25, 0.3) is 0 Å². The summed E-state index contributed by atoms with van der Waals surface area (Å²) in [5.41, 5.74) is 8.24. The van der Waals surface area contributed by atoms with Crippen LogP contribution in [0.3, 0.4) is 0 Å². The first kappa shape index (κ1) is 27.2. The van der Waals surface area contributed by atoms with Gasteiger partial charge >= 0.3 is 0 Å². The molecule has 0 saturated carbocycles. The van der Waals surface area contributed by atoms with Crippen molar-refractivity contribution in [3.8, 4) is 22.3 Å². The molecule has 0 aliphatic heterocycles. The van der Waals surface area contributed by atoms with Crippen LogP contribution in [0.2, 0.25) is 0 Å². The minimum atomic E-state index is 1.12. The van der Waals surface area contributed by atoms with Crippen molar-refractivity contribution < 1.29 is 0 Å². The largest absolute Gasteiger partial charge is 0.310 e. The maximum Gasteiger partial charge on any atom is 0.0546 e. The molecule has 9 aromatic rings. The third-order valence-electron chi connectivity index (χ3n) is 9.42. The Morgan fingerprint density at radius 3 is 1.66 bits per heavy atom. The van der Waals surface area contributed by atoms with E-state index < -0.39 is 0 Å². The van der Waals surface area contributed by atoms with Gasteiger partial charge in [0.05, 0.1) is 5.69 Å². The maximum atomic E-state index is 2.44. The summed E-state index contributed by atoms with van der Waals surface area (Å²) in [5.74, 6) is 0. The van der Waals surface area contributed by atoms with Crippen molar-refractivity contribution in [3.05, 3.63) is 188 Å². The maximum absolute atomic E-state index is 2.44. The molecule has 9 aromatic carbocycles. The zero-order valence-corrected chi connectivity index (χ0v) is 25.8. The molecule has 47 heavy (non-hydrogen) atoms. The van der Waals surface area contributed by atoms with Gasteiger partial charge in [0.2, 0.25) is 0 Å². The lowest BCUT2D eigenvalue weighted by atomic mass is 9.94. The molecule has 0 bridgehead atoms. The molecule has 1 nitrogen and oxygen atoms in total. The molecule has 220 valence electrons. The summed E-state index contributed by atoms with van der Waals surface area (Å²) in [6.45, 7) is 0. The fourth-order valence-electron chi connectivity index (χ4n) is 7.18. The average molecular weight is 598 g/mol. The molecule has 0 aliphatic rings. The van der Waals surface area contributed by atoms with E-state index in [1.807, 2.05) is 0 Å². The highest BCUT2D eigenvalue weighted by Crippen LogP contribution is 2.44. The van der Waals surface area contributed by atoms with Gasteiger partial charge in [-0.25, -0.2) is 0 Å². The number of fused-ring (bicyclic) bond motifs is 6. The Morgan fingerprint density at radius 1 is 0.277 bits per heavy atom. The second-order valence-corrected chi connectivity index (χ2v) is 12.1. The van der Waals surface area contributed by atoms with Crippen molar-refractivity contribution in [2.45, 2.75) is 0 Å². The van der Waals surface area contributed by atoms with Gasteiger partial charge in [-0.3, -0.25) is 0 Å². The third-order valence-corrected chi connectivity index (χ3v) is 9.42. The van der Waals surface area contributed by atoms with E-state index in [2.05, 4.69) is 193 Å². The van der Waals surface area contributed by atoms with E-state index in [1.54, 1.807) is 0 Å². The number of benzene rings is 9. The van der Waals surface area contributed by atoms with E-state index in [1.165, 1.54) is 65.3 Å². The normalized spacial score (nSPS) is 11.4. The van der Waals surface area contributed by atoms with Gasteiger partial charge in [0, 0.05) is 16.8 Å². The Kier molecular flexibility index (Phi) is 6.54. The van der Waals surface area contributed by atoms with Crippen LogP contribution >= 0.6 is 0 Å². The molecule has 0 heterocycles. The highest BCUT2D eigenvalue weighted by molar-refractivity contribution is 6.21. The topological polar surface area (TPSA) is 3.24 Å². The molecule has 0 aliphatic carbocycles. The predicted octanol–water partition coefficient (Wildman–Crippen LogP) is 13.1. The van der Waals surface area contributed by atoms with Crippen molar-refractivity contribution >= 4 is 60.2 Å². The van der Waals surface area contributed by atoms with Crippen LogP contribution in [-0.4, -0.2) is 0 Å². The van der Waals surface area contributed by atoms with Crippen molar-refractivity contribution in [1.82, 2.24) is 0 Å². The van der Waals surface area contributed by atoms with Crippen LogP contribution in [-0.2, 0) is 0 Å². The number of rotatable bonds is 5. The summed E-state index contributed by atoms with van der Waals surface area (Å²) in [6.07, 6.45) is 0. The summed E-state index contributed by atoms with van der Waals surface area (Å²) in [7, 11) is 0. The van der Waals surface area contributed by atoms with E-state index in [0.717, 1.165) is 17.1 Å². The lowest BCUT2D eigenvalue weighted by Gasteiger charge is -2.28. The van der Waals surface area contributed by atoms with E-state index in [9.17, 15) is 0 Å². The van der Waals surface area contributed by atoms with Crippen molar-refractivity contribution in [2.75, 3.05) is 4.90 Å². The second kappa shape index (κ2) is 11.3. The summed E-state index contributed by atoms with van der Waals surface area (Å²) < 4.78 is 0. The first-order chi connectivity index (χ1) is 23.3. The summed E-state index contributed by atoms with van der Waals surface area (Å²) >= 11 is 0. The standard InChI is InChI=1S/C46H31N/c1-2-12-32(13-3-1)33-24-27-37(28-25-33)47(38-18-10-17-36(30-38)41-23-11-16-34-14-4-6-19-39(34)41)46-31-45-40-20-7-5-15-35(40)26-29-43(45)42-21-8-9-22-44(42)46/h1-31H. The number of hydrogen-bond acceptors (Lipinski definition) is 1. The fourth-order valence-corrected chi connectivity index (χ4v) is 7.18. The minimum absolute atomic E-state index is 1.12. The zero-order valence-electron chi connectivity index (χ0n) is 25.8. The van der Waals surface area contributed by atoms with Crippen molar-refractivity contribution in [2.24, 2.45) is 0 Å². The first-order valence-corrected chi connectivity index (χ1v) is 16.2. The molecule has 1 heteroatoms. The molecule has 0 N–H and O–H groups in total. The van der Waals surface area contributed by atoms with Crippen LogP contribution in [0.15, 0.2) is 188 Å². The van der Waals surface area contributed by atoms with Gasteiger partial charge < -0.3 is 4.90 Å². The van der Waals surface area contributed by atoms with Gasteiger partial charge in [-0.1, -0.05) is 158 Å². The lowest BCUT2D eigenvalue weighted by molar-refractivity contribution is 1.30. The van der Waals surface area contributed by atoms with Crippen LogP contribution in [0, 0.1) is 0 Å². The Labute approximate surface area is 274 Å². The van der Waals surface area contributed by atoms with E-state index in [-0.39, 0.29) is 0 Å². The Hall–Kier alpha value is -6.18. The fraction of sp³-hybridized carbons (Fsp3) is 0. The lowest BCUT2D eigenvalue weighted by Crippen LogP contribution is -2.11. The van der Waals surface area contributed by atoms with Crippen LogP contribution in [0.1, 0.15) is 0 Å². The van der Waals surface area contributed by atoms with Gasteiger partial charge in [0.1, 0.15) is 0 Å². The molecule has 9 rings (SSSR count). The molecule has 0 spiro atoms. The van der Waals surface area contributed by atoms with Gasteiger partial charge in [-0.15, -0.1) is 0 Å². The Balaban J connectivity index is 1.31. The van der Waals surface area contributed by atoms with Crippen LogP contribution in [0.5, 0.6) is 0 Å². The molecule has 0 saturated heterocycles. The smallest absolute Gasteiger partial charge is 0.0546 e. The average Bonchev–Trinajstić information content (AvgIpc) is 3.15. The summed E-state index contributed by atoms with van der Waals surface area (Å²) in [5, 5.41) is 10.0. The SMILES string of the molecule is c1ccc(-c2ccc(N(c3cccc(-c4cccc5ccccc45)c3)c3cc4c5ccccc5ccc4c4ccccc34)cc2)cc1. The van der Waals surface area contributed by atoms with Crippen LogP contribution in [0.25, 0.3) is 65.3 Å². The van der Waals surface area contributed by atoms with Crippen LogP contribution < -0.4 is 4.90 Å². The first-order valence-electron chi connectivity index (χ1n) is 16.2. The van der Waals surface area contributed by atoms with E-state index in [4.69, 9.17) is 0 Å². The summed E-state index contributed by atoms with van der Waals surface area (Å²) in [4.78, 5) is 2.44. The van der Waals surface area contributed by atoms with Crippen molar-refractivity contribution in [3.63, 3.8) is 0 Å². The summed E-state index contributed by atoms with van der Waals surface area (Å²) in [6, 6.07) is 68.3. The minimum Gasteiger partial charge on any atom is -0.310 e. The van der Waals surface area contributed by atoms with Gasteiger partial charge in [-0.2, -0.15) is 0 Å². The monoisotopic (exact) mass is 597 g/mol. The molecule has 0 radical (unpaired) electrons. The Morgan fingerprint density at radius 2 is 0.851 bits per heavy atom. The quantitative estimate of drug-likeness (QED) is 0.178. The third kappa shape index (κ3) is 4.72. The highest BCUT2D eigenvalue weighted by atomic mass is 15.1. The van der Waals surface area contributed by atoms with Gasteiger partial charge in [0.15, 0.2) is 0 Å². The highest BCUT2D eigenvalue weighted by Gasteiger charge is 2.19. The zero-order chi connectivity index (χ0) is 31.2. The van der Waals surface area contributed by atoms with E-state index in [0.29, 0.717) is 0 Å². The second-order valence-electron chi connectivity index (χ2n) is 12.1. The Bertz CT molecular complexity index is 2560. The molecular formula is C46H31N. The molecule has 0 fully saturated rings. The van der Waals surface area contributed by atoms with Gasteiger partial charge in [-0.05, 0) is 90.3 Å².